The Balaban J connectivity index is 2.95. The van der Waals surface area contributed by atoms with Crippen LogP contribution in [0.5, 0.6) is 0 Å². The van der Waals surface area contributed by atoms with Gasteiger partial charge in [-0.25, -0.2) is 0 Å². The molecule has 1 nitrogen and oxygen atoms in total. The van der Waals surface area contributed by atoms with Gasteiger partial charge in [0.05, 0.1) is 0 Å². The Morgan fingerprint density at radius 1 is 1.05 bits per heavy atom. The van der Waals surface area contributed by atoms with E-state index in [-0.39, 0.29) is 10.2 Å². The summed E-state index contributed by atoms with van der Waals surface area (Å²) in [7, 11) is 0. The number of rotatable bonds is 5. The lowest BCUT2D eigenvalue weighted by atomic mass is 9.85. The predicted octanol–water partition coefficient (Wildman–Crippen LogP) is 5.70. The minimum Gasteiger partial charge on any atom is -0.299 e. The van der Waals surface area contributed by atoms with Crippen molar-refractivity contribution in [2.75, 3.05) is 0 Å². The van der Waals surface area contributed by atoms with Gasteiger partial charge in [-0.15, -0.1) is 0 Å². The molecule has 1 aromatic rings. The highest BCUT2D eigenvalue weighted by atomic mass is 32.2. The third-order valence-corrected chi connectivity index (χ3v) is 5.20. The molecule has 0 amide bonds. The molecule has 0 fully saturated rings. The molecular formula is C19H30OS. The first kappa shape index (κ1) is 18.3. The van der Waals surface area contributed by atoms with Crippen molar-refractivity contribution in [3.05, 3.63) is 35.9 Å². The van der Waals surface area contributed by atoms with E-state index < -0.39 is 0 Å². The van der Waals surface area contributed by atoms with Gasteiger partial charge in [-0.2, -0.15) is 11.8 Å². The van der Waals surface area contributed by atoms with Crippen LogP contribution < -0.4 is 0 Å². The molecule has 0 unspecified atom stereocenters. The lowest BCUT2D eigenvalue weighted by Crippen LogP contribution is -2.29. The molecule has 0 saturated heterocycles. The van der Waals surface area contributed by atoms with Gasteiger partial charge in [-0.05, 0) is 11.5 Å². The van der Waals surface area contributed by atoms with Gasteiger partial charge < -0.3 is 0 Å². The van der Waals surface area contributed by atoms with Crippen LogP contribution in [0.3, 0.4) is 0 Å². The van der Waals surface area contributed by atoms with Gasteiger partial charge in [0, 0.05) is 21.8 Å². The second-order valence-corrected chi connectivity index (χ2v) is 9.91. The first-order valence-corrected chi connectivity index (χ1v) is 8.65. The van der Waals surface area contributed by atoms with Gasteiger partial charge in [0.25, 0.3) is 0 Å². The summed E-state index contributed by atoms with van der Waals surface area (Å²) >= 11 is 1.93. The summed E-state index contributed by atoms with van der Waals surface area (Å²) in [5, 5.41) is 0.319. The predicted molar refractivity (Wildman–Crippen MR) is 95.1 cm³/mol. The molecule has 0 aliphatic rings. The van der Waals surface area contributed by atoms with Crippen molar-refractivity contribution in [2.45, 2.75) is 70.8 Å². The van der Waals surface area contributed by atoms with Crippen molar-refractivity contribution in [3.8, 4) is 0 Å². The van der Waals surface area contributed by atoms with E-state index in [2.05, 4.69) is 52.0 Å². The molecule has 0 heterocycles. The average Bonchev–Trinajstić information content (AvgIpc) is 2.35. The standard InChI is InChI=1S/C19H30OS/c1-14(15-11-9-8-10-12-15)16(21-19(5,6)7)13-17(20)18(2,3)4/h8-12,14,16H,13H2,1-7H3/t14-,16+/m1/s1. The van der Waals surface area contributed by atoms with Crippen LogP contribution in [-0.4, -0.2) is 15.8 Å². The quantitative estimate of drug-likeness (QED) is 0.694. The van der Waals surface area contributed by atoms with Crippen LogP contribution >= 0.6 is 11.8 Å². The number of ketones is 1. The van der Waals surface area contributed by atoms with Crippen molar-refractivity contribution < 1.29 is 4.79 Å². The van der Waals surface area contributed by atoms with Crippen LogP contribution in [0.1, 0.15) is 66.4 Å². The van der Waals surface area contributed by atoms with Gasteiger partial charge in [0.15, 0.2) is 0 Å². The topological polar surface area (TPSA) is 17.1 Å². The summed E-state index contributed by atoms with van der Waals surface area (Å²) in [6.45, 7) is 15.0. The van der Waals surface area contributed by atoms with Crippen LogP contribution in [0.15, 0.2) is 30.3 Å². The minimum absolute atomic E-state index is 0.159. The molecule has 0 radical (unpaired) electrons. The molecule has 2 atom stereocenters. The normalized spacial score (nSPS) is 15.6. The molecule has 0 spiro atoms. The van der Waals surface area contributed by atoms with Gasteiger partial charge in [-0.1, -0.05) is 78.8 Å². The number of hydrogen-bond donors (Lipinski definition) is 0. The summed E-state index contributed by atoms with van der Waals surface area (Å²) in [6, 6.07) is 10.5. The van der Waals surface area contributed by atoms with Crippen LogP contribution in [0, 0.1) is 5.41 Å². The van der Waals surface area contributed by atoms with Crippen LogP contribution in [0.4, 0.5) is 0 Å². The van der Waals surface area contributed by atoms with Crippen LogP contribution in [-0.2, 0) is 4.79 Å². The highest BCUT2D eigenvalue weighted by Crippen LogP contribution is 2.39. The maximum absolute atomic E-state index is 12.5. The van der Waals surface area contributed by atoms with E-state index in [9.17, 15) is 4.79 Å². The molecular weight excluding hydrogens is 276 g/mol. The zero-order valence-corrected chi connectivity index (χ0v) is 15.4. The molecule has 1 aromatic carbocycles. The summed E-state index contributed by atoms with van der Waals surface area (Å²) in [6.07, 6.45) is 0.640. The molecule has 21 heavy (non-hydrogen) atoms. The Morgan fingerprint density at radius 2 is 1.57 bits per heavy atom. The third kappa shape index (κ3) is 6.25. The van der Waals surface area contributed by atoms with Crippen molar-refractivity contribution >= 4 is 17.5 Å². The van der Waals surface area contributed by atoms with E-state index in [4.69, 9.17) is 0 Å². The summed E-state index contributed by atoms with van der Waals surface area (Å²) < 4.78 is 0.159. The summed E-state index contributed by atoms with van der Waals surface area (Å²) in [5.41, 5.74) is 1.06. The highest BCUT2D eigenvalue weighted by Gasteiger charge is 2.31. The molecule has 0 bridgehead atoms. The van der Waals surface area contributed by atoms with E-state index in [1.807, 2.05) is 38.6 Å². The largest absolute Gasteiger partial charge is 0.299 e. The van der Waals surface area contributed by atoms with E-state index >= 15 is 0 Å². The number of carbonyl (C=O) groups is 1. The van der Waals surface area contributed by atoms with E-state index in [1.165, 1.54) is 5.56 Å². The van der Waals surface area contributed by atoms with E-state index in [1.54, 1.807) is 0 Å². The van der Waals surface area contributed by atoms with Crippen molar-refractivity contribution in [1.29, 1.82) is 0 Å². The smallest absolute Gasteiger partial charge is 0.139 e. The molecule has 0 saturated carbocycles. The van der Waals surface area contributed by atoms with Gasteiger partial charge in [-0.3, -0.25) is 4.79 Å². The number of hydrogen-bond acceptors (Lipinski definition) is 2. The Morgan fingerprint density at radius 3 is 2.00 bits per heavy atom. The summed E-state index contributed by atoms with van der Waals surface area (Å²) in [5.74, 6) is 0.730. The minimum atomic E-state index is -0.257. The molecule has 0 N–H and O–H groups in total. The lowest BCUT2D eigenvalue weighted by molar-refractivity contribution is -0.126. The lowest BCUT2D eigenvalue weighted by Gasteiger charge is -2.32. The zero-order valence-electron chi connectivity index (χ0n) is 14.6. The van der Waals surface area contributed by atoms with Crippen molar-refractivity contribution in [2.24, 2.45) is 5.41 Å². The van der Waals surface area contributed by atoms with Gasteiger partial charge in [0.2, 0.25) is 0 Å². The monoisotopic (exact) mass is 306 g/mol. The highest BCUT2D eigenvalue weighted by molar-refractivity contribution is 8.01. The molecule has 0 aromatic heterocycles. The maximum Gasteiger partial charge on any atom is 0.139 e. The first-order valence-electron chi connectivity index (χ1n) is 7.77. The molecule has 1 rings (SSSR count). The van der Waals surface area contributed by atoms with Crippen LogP contribution in [0.25, 0.3) is 0 Å². The number of benzene rings is 1. The fraction of sp³-hybridized carbons (Fsp3) is 0.632. The van der Waals surface area contributed by atoms with E-state index in [0.717, 1.165) is 0 Å². The number of Topliss-reactive ketones (excluding diaryl/α,β-unsaturated/α-hetero) is 1. The Kier molecular flexibility index (Phi) is 6.10. The Labute approximate surface area is 134 Å². The molecule has 0 aliphatic heterocycles. The van der Waals surface area contributed by atoms with Gasteiger partial charge >= 0.3 is 0 Å². The van der Waals surface area contributed by atoms with Crippen molar-refractivity contribution in [3.63, 3.8) is 0 Å². The zero-order chi connectivity index (χ0) is 16.3. The second-order valence-electron chi connectivity index (χ2n) is 7.85. The SMILES string of the molecule is C[C@H](c1ccccc1)[C@H](CC(=O)C(C)(C)C)SC(C)(C)C. The maximum atomic E-state index is 12.5. The molecule has 118 valence electrons. The fourth-order valence-electron chi connectivity index (χ4n) is 2.23. The fourth-order valence-corrected chi connectivity index (χ4v) is 3.74. The van der Waals surface area contributed by atoms with E-state index in [0.29, 0.717) is 23.4 Å². The number of carbonyl (C=O) groups excluding carboxylic acids is 1. The Hall–Kier alpha value is -0.760. The second kappa shape index (κ2) is 7.00. The third-order valence-electron chi connectivity index (χ3n) is 3.61. The average molecular weight is 307 g/mol. The molecule has 0 aliphatic carbocycles. The number of thioether (sulfide) groups is 1. The van der Waals surface area contributed by atoms with Crippen LogP contribution in [0.2, 0.25) is 0 Å². The first-order chi connectivity index (χ1) is 9.50. The summed E-state index contributed by atoms with van der Waals surface area (Å²) in [4.78, 5) is 12.5. The molecule has 2 heteroatoms. The van der Waals surface area contributed by atoms with Gasteiger partial charge in [0.1, 0.15) is 5.78 Å². The van der Waals surface area contributed by atoms with Crippen molar-refractivity contribution in [1.82, 2.24) is 0 Å². The Bertz CT molecular complexity index is 451.